The summed E-state index contributed by atoms with van der Waals surface area (Å²) < 4.78 is 1.09. The van der Waals surface area contributed by atoms with Crippen LogP contribution in [-0.2, 0) is 27.0 Å². The fourth-order valence-corrected chi connectivity index (χ4v) is 50.8. The van der Waals surface area contributed by atoms with E-state index < -0.39 is 25.7 Å². The molecule has 0 saturated heterocycles. The number of fused-ring (bicyclic) bond motifs is 5. The number of hydrogen-bond acceptors (Lipinski definition) is 0. The summed E-state index contributed by atoms with van der Waals surface area (Å²) in [4.78, 5) is 0. The summed E-state index contributed by atoms with van der Waals surface area (Å²) in [6.45, 7) is 23.5. The van der Waals surface area contributed by atoms with Gasteiger partial charge in [-0.05, 0) is 0 Å². The molecule has 6 aromatic rings. The molecule has 4 unspecified atom stereocenters. The van der Waals surface area contributed by atoms with E-state index in [2.05, 4.69) is 209 Å². The van der Waals surface area contributed by atoms with Crippen molar-refractivity contribution in [3.63, 3.8) is 0 Å². The third-order valence-corrected chi connectivity index (χ3v) is 46.5. The molecule has 1 heterocycles. The Morgan fingerprint density at radius 1 is 0.500 bits per heavy atom. The molecule has 9 rings (SSSR count). The molecule has 1 aliphatic heterocycles. The fraction of sp³-hybridized carbons (Fsp3) is 0.310. The van der Waals surface area contributed by atoms with Crippen molar-refractivity contribution < 1.29 is 16.1 Å². The first-order valence-electron chi connectivity index (χ1n) is 23.1. The van der Waals surface area contributed by atoms with Crippen LogP contribution in [0.1, 0.15) is 123 Å². The van der Waals surface area contributed by atoms with Crippen LogP contribution in [0.4, 0.5) is 0 Å². The molecule has 0 fully saturated rings. The topological polar surface area (TPSA) is 0 Å². The van der Waals surface area contributed by atoms with Crippen molar-refractivity contribution in [2.45, 2.75) is 100 Å². The van der Waals surface area contributed by atoms with Crippen LogP contribution in [0, 0.1) is 11.8 Å². The molecule has 0 saturated carbocycles. The van der Waals surface area contributed by atoms with E-state index in [4.69, 9.17) is 0 Å². The second-order valence-electron chi connectivity index (χ2n) is 20.8. The molecular weight excluding hydrogens is 974 g/mol. The Bertz CT molecular complexity index is 2670. The zero-order chi connectivity index (χ0) is 44.0. The van der Waals surface area contributed by atoms with E-state index in [9.17, 15) is 17.2 Å². The summed E-state index contributed by atoms with van der Waals surface area (Å²) in [5, 5.41) is 2.98. The maximum atomic E-state index is 9.54. The Balaban J connectivity index is 1.40. The standard InChI is InChI=1S/2C23H27.C12H9Si.2ClH.Hf/c2*1-6-16(2)18-14-17-10-9-12-19(21(17)15-18)20-11-7-8-13-22(20)23(3,4)5;1-3-7-11-9(5-1)10-6-2-4-8-12(10)13-11;;;/h2*7-16H,6H2,1-5H3;1-7H,13H2;2*1H;/q;;;;;+2/p-2. The van der Waals surface area contributed by atoms with E-state index >= 15 is 0 Å². The second-order valence-corrected chi connectivity index (χ2v) is 51.9. The van der Waals surface area contributed by atoms with E-state index in [0.717, 1.165) is 12.8 Å². The van der Waals surface area contributed by atoms with Gasteiger partial charge in [-0.25, -0.2) is 0 Å². The van der Waals surface area contributed by atoms with E-state index in [1.165, 1.54) is 91.6 Å². The van der Waals surface area contributed by atoms with Crippen LogP contribution < -0.4 is 13.7 Å². The third kappa shape index (κ3) is 6.83. The molecule has 0 radical (unpaired) electrons. The van der Waals surface area contributed by atoms with Crippen molar-refractivity contribution in [1.82, 2.24) is 0 Å². The molecule has 62 heavy (non-hydrogen) atoms. The quantitative estimate of drug-likeness (QED) is 0.126. The van der Waals surface area contributed by atoms with Gasteiger partial charge in [0.05, 0.1) is 0 Å². The van der Waals surface area contributed by atoms with Crippen LogP contribution in [0.3, 0.4) is 0 Å². The zero-order valence-electron chi connectivity index (χ0n) is 38.5. The summed E-state index contributed by atoms with van der Waals surface area (Å²) in [6.07, 6.45) is 7.16. The number of benzene rings is 6. The van der Waals surface area contributed by atoms with Crippen LogP contribution >= 0.6 is 17.2 Å². The predicted molar refractivity (Wildman–Crippen MR) is 273 cm³/mol. The normalized spacial score (nSPS) is 18.9. The second kappa shape index (κ2) is 15.9. The number of halogens is 2. The Labute approximate surface area is 383 Å². The van der Waals surface area contributed by atoms with Crippen LogP contribution in [0.2, 0.25) is 0 Å². The van der Waals surface area contributed by atoms with Gasteiger partial charge >= 0.3 is 386 Å². The molecule has 4 atom stereocenters. The van der Waals surface area contributed by atoms with Gasteiger partial charge in [-0.1, -0.05) is 0 Å². The molecule has 6 aromatic carbocycles. The molecule has 3 aliphatic rings. The van der Waals surface area contributed by atoms with Gasteiger partial charge in [-0.2, -0.15) is 0 Å². The van der Waals surface area contributed by atoms with Crippen molar-refractivity contribution in [2.24, 2.45) is 11.8 Å². The molecule has 0 bridgehead atoms. The van der Waals surface area contributed by atoms with E-state index in [1.807, 2.05) is 0 Å². The monoisotopic (exact) mass is 1040 g/mol. The van der Waals surface area contributed by atoms with Gasteiger partial charge in [0.25, 0.3) is 0 Å². The van der Waals surface area contributed by atoms with Gasteiger partial charge in [0.15, 0.2) is 0 Å². The van der Waals surface area contributed by atoms with E-state index in [-0.39, 0.29) is 18.2 Å². The third-order valence-electron chi connectivity index (χ3n) is 15.0. The zero-order valence-corrected chi connectivity index (χ0v) is 45.0. The van der Waals surface area contributed by atoms with Gasteiger partial charge in [-0.3, -0.25) is 0 Å². The van der Waals surface area contributed by atoms with Crippen LogP contribution in [0.25, 0.3) is 45.5 Å². The SMILES string of the molecule is CCC(C)C1=Cc2c(-c3ccccc3C(C)(C)C)cccc2[CH]1[Hf]([Cl])([Cl])([c]1cccc2c1[SiH2]c1ccccc1-2)[CH]1C(C(C)CC)=Cc2c(-c3ccccc3C(C)(C)C)cccc21. The van der Waals surface area contributed by atoms with Gasteiger partial charge in [0, 0.05) is 0 Å². The number of rotatable bonds is 9. The molecule has 0 N–H and O–H groups in total. The molecular formula is C58H63Cl2HfSi. The Kier molecular flexibility index (Phi) is 11.2. The average Bonchev–Trinajstić information content (AvgIpc) is 3.98. The molecule has 317 valence electrons. The molecule has 0 spiro atoms. The minimum atomic E-state index is -5.93. The molecule has 0 aromatic heterocycles. The van der Waals surface area contributed by atoms with Crippen molar-refractivity contribution in [1.29, 1.82) is 0 Å². The summed E-state index contributed by atoms with van der Waals surface area (Å²) in [7, 11) is 18.2. The molecule has 4 heteroatoms. The minimum absolute atomic E-state index is 0.0263. The van der Waals surface area contributed by atoms with Crippen molar-refractivity contribution in [3.8, 4) is 33.4 Å². The molecule has 0 nitrogen and oxygen atoms in total. The molecule has 0 amide bonds. The summed E-state index contributed by atoms with van der Waals surface area (Å²) >= 11 is -5.93. The summed E-state index contributed by atoms with van der Waals surface area (Å²) in [6, 6.07) is 48.4. The predicted octanol–water partition coefficient (Wildman–Crippen LogP) is 14.7. The fourth-order valence-electron chi connectivity index (χ4n) is 11.7. The van der Waals surface area contributed by atoms with Gasteiger partial charge in [0.1, 0.15) is 0 Å². The average molecular weight is 1040 g/mol. The summed E-state index contributed by atoms with van der Waals surface area (Å²) in [5.41, 5.74) is 18.7. The van der Waals surface area contributed by atoms with Crippen molar-refractivity contribution in [3.05, 3.63) is 172 Å². The Hall–Kier alpha value is -3.53. The van der Waals surface area contributed by atoms with Gasteiger partial charge in [-0.15, -0.1) is 0 Å². The van der Waals surface area contributed by atoms with Crippen LogP contribution in [-0.4, -0.2) is 9.52 Å². The van der Waals surface area contributed by atoms with Crippen molar-refractivity contribution in [2.75, 3.05) is 0 Å². The van der Waals surface area contributed by atoms with Crippen LogP contribution in [0.5, 0.6) is 0 Å². The first-order chi connectivity index (χ1) is 29.5. The summed E-state index contributed by atoms with van der Waals surface area (Å²) in [5.74, 6) is 0.582. The maximum absolute atomic E-state index is 9.54. The van der Waals surface area contributed by atoms with E-state index in [1.54, 1.807) is 0 Å². The first-order valence-corrected chi connectivity index (χ1v) is 39.4. The van der Waals surface area contributed by atoms with Gasteiger partial charge < -0.3 is 0 Å². The van der Waals surface area contributed by atoms with Crippen molar-refractivity contribution >= 4 is 52.5 Å². The van der Waals surface area contributed by atoms with E-state index in [0.29, 0.717) is 11.8 Å². The van der Waals surface area contributed by atoms with Gasteiger partial charge in [0.2, 0.25) is 0 Å². The Morgan fingerprint density at radius 2 is 0.903 bits per heavy atom. The number of allylic oxidation sites excluding steroid dienone is 2. The van der Waals surface area contributed by atoms with Crippen LogP contribution in [0.15, 0.2) is 139 Å². The Morgan fingerprint density at radius 3 is 1.37 bits per heavy atom. The first kappa shape index (κ1) is 43.7. The number of hydrogen-bond donors (Lipinski definition) is 0. The molecule has 2 aliphatic carbocycles.